The number of nitrogens with one attached hydrogen (secondary N) is 2. The monoisotopic (exact) mass is 553 g/mol. The van der Waals surface area contributed by atoms with E-state index in [0.29, 0.717) is 30.9 Å². The van der Waals surface area contributed by atoms with E-state index in [2.05, 4.69) is 15.5 Å². The second-order valence-corrected chi connectivity index (χ2v) is 10.8. The van der Waals surface area contributed by atoms with Gasteiger partial charge in [0.15, 0.2) is 0 Å². The molecule has 4 amide bonds. The predicted molar refractivity (Wildman–Crippen MR) is 140 cm³/mol. The Bertz CT molecular complexity index is 1100. The maximum absolute atomic E-state index is 13.2. The van der Waals surface area contributed by atoms with Crippen LogP contribution in [0.25, 0.3) is 0 Å². The first-order valence-corrected chi connectivity index (χ1v) is 13.1. The first-order valence-electron chi connectivity index (χ1n) is 13.1. The number of esters is 1. The van der Waals surface area contributed by atoms with Gasteiger partial charge in [0.05, 0.1) is 23.8 Å². The highest BCUT2D eigenvalue weighted by molar-refractivity contribution is 5.95. The van der Waals surface area contributed by atoms with E-state index < -0.39 is 29.8 Å². The molecule has 0 aliphatic carbocycles. The number of ether oxygens (including phenoxy) is 1. The van der Waals surface area contributed by atoms with Gasteiger partial charge in [0.2, 0.25) is 0 Å². The van der Waals surface area contributed by atoms with Crippen molar-refractivity contribution in [3.05, 3.63) is 46.7 Å². The number of hydrogen-bond donors (Lipinski definition) is 2. The van der Waals surface area contributed by atoms with Crippen LogP contribution in [-0.4, -0.2) is 83.6 Å². The average molecular weight is 554 g/mol. The molecule has 0 spiro atoms. The number of piperazine rings is 1. The van der Waals surface area contributed by atoms with Gasteiger partial charge in [0.25, 0.3) is 0 Å². The molecular formula is C27H38F3N5O4. The molecular weight excluding hydrogens is 515 g/mol. The number of urea groups is 2. The van der Waals surface area contributed by atoms with Gasteiger partial charge < -0.3 is 20.3 Å². The summed E-state index contributed by atoms with van der Waals surface area (Å²) in [6.45, 7) is 13.2. The Balaban J connectivity index is 1.95. The number of alkyl halides is 3. The van der Waals surface area contributed by atoms with Crippen molar-refractivity contribution in [1.82, 2.24) is 25.3 Å². The molecule has 2 aliphatic rings. The normalized spacial score (nSPS) is 21.1. The van der Waals surface area contributed by atoms with Crippen molar-refractivity contribution in [3.63, 3.8) is 0 Å². The Morgan fingerprint density at radius 1 is 1.10 bits per heavy atom. The largest absolute Gasteiger partial charge is 0.463 e. The van der Waals surface area contributed by atoms with Crippen LogP contribution in [0.15, 0.2) is 35.5 Å². The third-order valence-corrected chi connectivity index (χ3v) is 6.65. The van der Waals surface area contributed by atoms with Gasteiger partial charge in [-0.3, -0.25) is 9.80 Å². The number of likely N-dealkylation sites (N-methyl/N-ethyl adjacent to an activating group) is 1. The van der Waals surface area contributed by atoms with Gasteiger partial charge in [-0.15, -0.1) is 0 Å². The number of carbonyl (C=O) groups is 3. The van der Waals surface area contributed by atoms with Crippen LogP contribution in [0.1, 0.15) is 58.7 Å². The molecule has 0 bridgehead atoms. The SMILES string of the molecule is CCOC(=O)C1=C(CN2CCN(C(=O)NC(C)(C)C)[C@@H](C)C2)N(CC)C(=O)N[C@H]1c1ccc(C(F)(F)F)cc1. The molecule has 1 saturated heterocycles. The molecule has 1 aromatic carbocycles. The molecule has 3 rings (SSSR count). The van der Waals surface area contributed by atoms with E-state index in [4.69, 9.17) is 4.74 Å². The lowest BCUT2D eigenvalue weighted by atomic mass is 9.93. The van der Waals surface area contributed by atoms with E-state index in [-0.39, 0.29) is 42.9 Å². The molecule has 2 heterocycles. The fourth-order valence-corrected chi connectivity index (χ4v) is 4.85. The first kappa shape index (κ1) is 30.3. The minimum atomic E-state index is -4.51. The fourth-order valence-electron chi connectivity index (χ4n) is 4.85. The van der Waals surface area contributed by atoms with Crippen molar-refractivity contribution in [1.29, 1.82) is 0 Å². The highest BCUT2D eigenvalue weighted by atomic mass is 19.4. The molecule has 0 radical (unpaired) electrons. The number of carbonyl (C=O) groups excluding carboxylic acids is 3. The van der Waals surface area contributed by atoms with E-state index >= 15 is 0 Å². The van der Waals surface area contributed by atoms with Crippen LogP contribution in [0.2, 0.25) is 0 Å². The van der Waals surface area contributed by atoms with Gasteiger partial charge in [0, 0.05) is 50.0 Å². The molecule has 1 fully saturated rings. The van der Waals surface area contributed by atoms with Gasteiger partial charge in [-0.1, -0.05) is 12.1 Å². The minimum Gasteiger partial charge on any atom is -0.463 e. The lowest BCUT2D eigenvalue weighted by Gasteiger charge is -2.43. The van der Waals surface area contributed by atoms with Gasteiger partial charge >= 0.3 is 24.2 Å². The number of halogens is 3. The highest BCUT2D eigenvalue weighted by Crippen LogP contribution is 2.35. The Labute approximate surface area is 227 Å². The molecule has 9 nitrogen and oxygen atoms in total. The van der Waals surface area contributed by atoms with E-state index in [9.17, 15) is 27.6 Å². The Hall–Kier alpha value is -3.28. The highest BCUT2D eigenvalue weighted by Gasteiger charge is 2.40. The minimum absolute atomic E-state index is 0.0913. The third kappa shape index (κ3) is 7.23. The average Bonchev–Trinajstić information content (AvgIpc) is 2.82. The van der Waals surface area contributed by atoms with Gasteiger partial charge in [-0.05, 0) is 59.2 Å². The molecule has 2 atom stereocenters. The van der Waals surface area contributed by atoms with Gasteiger partial charge in [-0.25, -0.2) is 14.4 Å². The summed E-state index contributed by atoms with van der Waals surface area (Å²) in [5, 5.41) is 5.75. The predicted octanol–water partition coefficient (Wildman–Crippen LogP) is 4.12. The molecule has 0 unspecified atom stereocenters. The quantitative estimate of drug-likeness (QED) is 0.517. The first-order chi connectivity index (χ1) is 18.2. The van der Waals surface area contributed by atoms with Gasteiger partial charge in [-0.2, -0.15) is 13.2 Å². The summed E-state index contributed by atoms with van der Waals surface area (Å²) in [7, 11) is 0. The van der Waals surface area contributed by atoms with Crippen LogP contribution in [0.3, 0.4) is 0 Å². The summed E-state index contributed by atoms with van der Waals surface area (Å²) in [5.41, 5.74) is -0.252. The summed E-state index contributed by atoms with van der Waals surface area (Å²) in [6, 6.07) is 2.66. The fraction of sp³-hybridized carbons (Fsp3) is 0.593. The van der Waals surface area contributed by atoms with Crippen LogP contribution >= 0.6 is 0 Å². The van der Waals surface area contributed by atoms with Crippen LogP contribution in [0.4, 0.5) is 22.8 Å². The molecule has 0 aromatic heterocycles. The molecule has 12 heteroatoms. The van der Waals surface area contributed by atoms with Crippen molar-refractivity contribution in [2.45, 2.75) is 65.3 Å². The third-order valence-electron chi connectivity index (χ3n) is 6.65. The zero-order chi connectivity index (χ0) is 29.1. The number of nitrogens with zero attached hydrogens (tertiary/aromatic N) is 3. The number of hydrogen-bond acceptors (Lipinski definition) is 5. The van der Waals surface area contributed by atoms with E-state index in [0.717, 1.165) is 12.1 Å². The van der Waals surface area contributed by atoms with Crippen molar-refractivity contribution >= 4 is 18.0 Å². The van der Waals surface area contributed by atoms with E-state index in [1.54, 1.807) is 18.7 Å². The molecule has 1 aromatic rings. The molecule has 216 valence electrons. The molecule has 2 N–H and O–H groups in total. The van der Waals surface area contributed by atoms with Crippen LogP contribution in [0, 0.1) is 0 Å². The van der Waals surface area contributed by atoms with Crippen LogP contribution in [-0.2, 0) is 15.7 Å². The zero-order valence-electron chi connectivity index (χ0n) is 23.3. The maximum atomic E-state index is 13.2. The number of rotatable bonds is 6. The summed E-state index contributed by atoms with van der Waals surface area (Å²) in [4.78, 5) is 44.4. The molecule has 2 aliphatic heterocycles. The smallest absolute Gasteiger partial charge is 0.416 e. The van der Waals surface area contributed by atoms with Crippen molar-refractivity contribution in [3.8, 4) is 0 Å². The standard InChI is InChI=1S/C27H38F3N5O4/c1-7-34-20(16-33-13-14-35(17(3)15-33)25(38)32-26(4,5)6)21(23(36)39-8-2)22(31-24(34)37)18-9-11-19(12-10-18)27(28,29)30/h9-12,17,22H,7-8,13-16H2,1-6H3,(H,31,37)(H,32,38)/t17-,22-/m0/s1. The Morgan fingerprint density at radius 2 is 1.74 bits per heavy atom. The van der Waals surface area contributed by atoms with Crippen molar-refractivity contribution in [2.24, 2.45) is 0 Å². The lowest BCUT2D eigenvalue weighted by molar-refractivity contribution is -0.139. The zero-order valence-corrected chi connectivity index (χ0v) is 23.3. The molecule has 39 heavy (non-hydrogen) atoms. The van der Waals surface area contributed by atoms with Crippen molar-refractivity contribution in [2.75, 3.05) is 39.3 Å². The summed E-state index contributed by atoms with van der Waals surface area (Å²) < 4.78 is 44.8. The van der Waals surface area contributed by atoms with E-state index in [1.165, 1.54) is 17.0 Å². The van der Waals surface area contributed by atoms with Crippen LogP contribution in [0.5, 0.6) is 0 Å². The second kappa shape index (κ2) is 11.8. The maximum Gasteiger partial charge on any atom is 0.416 e. The summed E-state index contributed by atoms with van der Waals surface area (Å²) >= 11 is 0. The number of amides is 4. The van der Waals surface area contributed by atoms with Gasteiger partial charge in [0.1, 0.15) is 0 Å². The van der Waals surface area contributed by atoms with Crippen LogP contribution < -0.4 is 10.6 Å². The Morgan fingerprint density at radius 3 is 2.26 bits per heavy atom. The lowest BCUT2D eigenvalue weighted by Crippen LogP contribution is -2.59. The van der Waals surface area contributed by atoms with Crippen molar-refractivity contribution < 1.29 is 32.3 Å². The summed E-state index contributed by atoms with van der Waals surface area (Å²) in [6.07, 6.45) is -4.51. The summed E-state index contributed by atoms with van der Waals surface area (Å²) in [5.74, 6) is -0.646. The molecule has 0 saturated carbocycles. The topological polar surface area (TPSA) is 94.2 Å². The second-order valence-electron chi connectivity index (χ2n) is 10.8. The number of benzene rings is 1. The Kier molecular flexibility index (Phi) is 9.20. The van der Waals surface area contributed by atoms with E-state index in [1.807, 2.05) is 27.7 Å².